The first-order valence-electron chi connectivity index (χ1n) is 5.80. The van der Waals surface area contributed by atoms with Gasteiger partial charge < -0.3 is 10.6 Å². The van der Waals surface area contributed by atoms with E-state index in [1.54, 1.807) is 13.8 Å². The summed E-state index contributed by atoms with van der Waals surface area (Å²) in [6.45, 7) is 2.23. The Hall–Kier alpha value is -0.850. The minimum Gasteiger partial charge on any atom is -0.393 e. The summed E-state index contributed by atoms with van der Waals surface area (Å²) in [5.74, 6) is -1.62. The van der Waals surface area contributed by atoms with Crippen molar-refractivity contribution in [3.63, 3.8) is 0 Å². The van der Waals surface area contributed by atoms with Crippen LogP contribution in [-0.2, 0) is 4.79 Å². The van der Waals surface area contributed by atoms with Gasteiger partial charge in [0.05, 0.1) is 10.9 Å². The number of thiocarbonyl (C=S) groups is 1. The number of rotatable bonds is 5. The van der Waals surface area contributed by atoms with Gasteiger partial charge in [0.1, 0.15) is 6.54 Å². The fraction of sp³-hybridized carbons (Fsp3) is 0.818. The number of halogens is 3. The van der Waals surface area contributed by atoms with Crippen molar-refractivity contribution in [2.75, 3.05) is 6.54 Å². The van der Waals surface area contributed by atoms with E-state index in [0.717, 1.165) is 4.90 Å². The van der Waals surface area contributed by atoms with Crippen molar-refractivity contribution in [3.05, 3.63) is 0 Å². The Labute approximate surface area is 109 Å². The van der Waals surface area contributed by atoms with Gasteiger partial charge in [-0.15, -0.1) is 0 Å². The maximum Gasteiger partial charge on any atom is 0.406 e. The van der Waals surface area contributed by atoms with E-state index in [-0.39, 0.29) is 16.9 Å². The van der Waals surface area contributed by atoms with Crippen LogP contribution >= 0.6 is 12.2 Å². The van der Waals surface area contributed by atoms with E-state index in [4.69, 9.17) is 18.0 Å². The van der Waals surface area contributed by atoms with Gasteiger partial charge in [-0.3, -0.25) is 4.79 Å². The standard InChI is InChI=1S/C11H17F3N2OS/c1-6(2)8(9(15)18)10(17)16(7-3-4-7)5-11(12,13)14/h6-8H,3-5H2,1-2H3,(H2,15,18). The van der Waals surface area contributed by atoms with Crippen molar-refractivity contribution in [1.82, 2.24) is 4.90 Å². The summed E-state index contributed by atoms with van der Waals surface area (Å²) in [5.41, 5.74) is 5.46. The number of carbonyl (C=O) groups excluding carboxylic acids is 1. The molecule has 1 fully saturated rings. The van der Waals surface area contributed by atoms with Gasteiger partial charge in [-0.1, -0.05) is 26.1 Å². The van der Waals surface area contributed by atoms with E-state index in [0.29, 0.717) is 12.8 Å². The summed E-state index contributed by atoms with van der Waals surface area (Å²) in [7, 11) is 0. The van der Waals surface area contributed by atoms with Gasteiger partial charge in [0.2, 0.25) is 5.91 Å². The lowest BCUT2D eigenvalue weighted by Gasteiger charge is -2.29. The maximum absolute atomic E-state index is 12.5. The van der Waals surface area contributed by atoms with E-state index in [2.05, 4.69) is 0 Å². The molecule has 0 aromatic carbocycles. The lowest BCUT2D eigenvalue weighted by molar-refractivity contribution is -0.164. The summed E-state index contributed by atoms with van der Waals surface area (Å²) in [5, 5.41) is 0. The lowest BCUT2D eigenvalue weighted by atomic mass is 9.94. The molecule has 0 aliphatic heterocycles. The number of carbonyl (C=O) groups is 1. The molecule has 0 heterocycles. The van der Waals surface area contributed by atoms with Crippen LogP contribution in [0.2, 0.25) is 0 Å². The van der Waals surface area contributed by atoms with Crippen LogP contribution in [0.25, 0.3) is 0 Å². The molecule has 1 aliphatic rings. The van der Waals surface area contributed by atoms with Crippen LogP contribution in [0, 0.1) is 11.8 Å². The smallest absolute Gasteiger partial charge is 0.393 e. The second-order valence-electron chi connectivity index (χ2n) is 4.94. The lowest BCUT2D eigenvalue weighted by Crippen LogP contribution is -2.48. The van der Waals surface area contributed by atoms with Crippen LogP contribution < -0.4 is 5.73 Å². The van der Waals surface area contributed by atoms with Crippen LogP contribution in [0.3, 0.4) is 0 Å². The normalized spacial score (nSPS) is 17.7. The van der Waals surface area contributed by atoms with Crippen molar-refractivity contribution in [2.45, 2.75) is 38.9 Å². The number of hydrogen-bond donors (Lipinski definition) is 1. The molecule has 1 rings (SSSR count). The summed E-state index contributed by atoms with van der Waals surface area (Å²) >= 11 is 4.79. The minimum absolute atomic E-state index is 0.0391. The minimum atomic E-state index is -4.39. The van der Waals surface area contributed by atoms with Crippen LogP contribution in [-0.4, -0.2) is 34.6 Å². The van der Waals surface area contributed by atoms with Crippen molar-refractivity contribution < 1.29 is 18.0 Å². The zero-order valence-electron chi connectivity index (χ0n) is 10.3. The molecule has 0 aromatic rings. The van der Waals surface area contributed by atoms with Crippen molar-refractivity contribution >= 4 is 23.1 Å². The third-order valence-corrected chi connectivity index (χ3v) is 3.11. The zero-order valence-corrected chi connectivity index (χ0v) is 11.1. The summed E-state index contributed by atoms with van der Waals surface area (Å²) < 4.78 is 37.4. The van der Waals surface area contributed by atoms with Gasteiger partial charge in [0, 0.05) is 6.04 Å². The predicted molar refractivity (Wildman–Crippen MR) is 65.9 cm³/mol. The Morgan fingerprint density at radius 3 is 2.22 bits per heavy atom. The number of hydrogen-bond acceptors (Lipinski definition) is 2. The predicted octanol–water partition coefficient (Wildman–Crippen LogP) is 2.10. The highest BCUT2D eigenvalue weighted by Crippen LogP contribution is 2.32. The number of amides is 1. The van der Waals surface area contributed by atoms with Gasteiger partial charge >= 0.3 is 6.18 Å². The van der Waals surface area contributed by atoms with Crippen LogP contribution in [0.15, 0.2) is 0 Å². The SMILES string of the molecule is CC(C)C(C(=O)N(CC(F)(F)F)C1CC1)C(N)=S. The van der Waals surface area contributed by atoms with E-state index in [9.17, 15) is 18.0 Å². The third-order valence-electron chi connectivity index (χ3n) is 2.86. The molecule has 1 unspecified atom stereocenters. The molecule has 1 atom stereocenters. The fourth-order valence-corrected chi connectivity index (χ4v) is 2.25. The molecule has 0 radical (unpaired) electrons. The molecule has 1 amide bonds. The van der Waals surface area contributed by atoms with E-state index < -0.39 is 24.5 Å². The Balaban J connectivity index is 2.84. The molecule has 18 heavy (non-hydrogen) atoms. The Morgan fingerprint density at radius 1 is 1.44 bits per heavy atom. The van der Waals surface area contributed by atoms with Crippen molar-refractivity contribution in [2.24, 2.45) is 17.6 Å². The molecule has 0 aromatic heterocycles. The number of alkyl halides is 3. The molecule has 2 N–H and O–H groups in total. The second kappa shape index (κ2) is 5.42. The first kappa shape index (κ1) is 15.2. The van der Waals surface area contributed by atoms with Gasteiger partial charge in [-0.25, -0.2) is 0 Å². The first-order chi connectivity index (χ1) is 8.13. The molecule has 1 saturated carbocycles. The Morgan fingerprint density at radius 2 is 1.94 bits per heavy atom. The topological polar surface area (TPSA) is 46.3 Å². The maximum atomic E-state index is 12.5. The Bertz CT molecular complexity index is 340. The van der Waals surface area contributed by atoms with Crippen molar-refractivity contribution in [1.29, 1.82) is 0 Å². The molecule has 0 saturated heterocycles. The number of nitrogens with two attached hydrogens (primary N) is 1. The summed E-state index contributed by atoms with van der Waals surface area (Å²) in [6.07, 6.45) is -3.16. The van der Waals surface area contributed by atoms with E-state index >= 15 is 0 Å². The highest BCUT2D eigenvalue weighted by atomic mass is 32.1. The highest BCUT2D eigenvalue weighted by molar-refractivity contribution is 7.80. The number of nitrogens with zero attached hydrogens (tertiary/aromatic N) is 1. The molecule has 0 spiro atoms. The monoisotopic (exact) mass is 282 g/mol. The molecular formula is C11H17F3N2OS. The molecular weight excluding hydrogens is 265 g/mol. The van der Waals surface area contributed by atoms with Gasteiger partial charge in [0.15, 0.2) is 0 Å². The zero-order chi connectivity index (χ0) is 14.1. The second-order valence-corrected chi connectivity index (χ2v) is 5.41. The Kier molecular flexibility index (Phi) is 4.58. The molecule has 3 nitrogen and oxygen atoms in total. The van der Waals surface area contributed by atoms with Gasteiger partial charge in [-0.05, 0) is 18.8 Å². The summed E-state index contributed by atoms with van der Waals surface area (Å²) in [6, 6.07) is -0.310. The molecule has 7 heteroatoms. The fourth-order valence-electron chi connectivity index (χ4n) is 1.88. The molecule has 0 bridgehead atoms. The van der Waals surface area contributed by atoms with Gasteiger partial charge in [0.25, 0.3) is 0 Å². The third kappa shape index (κ3) is 4.12. The van der Waals surface area contributed by atoms with E-state index in [1.165, 1.54) is 0 Å². The van der Waals surface area contributed by atoms with Crippen LogP contribution in [0.5, 0.6) is 0 Å². The van der Waals surface area contributed by atoms with Gasteiger partial charge in [-0.2, -0.15) is 13.2 Å². The van der Waals surface area contributed by atoms with Crippen LogP contribution in [0.4, 0.5) is 13.2 Å². The average Bonchev–Trinajstić information content (AvgIpc) is 2.94. The first-order valence-corrected chi connectivity index (χ1v) is 6.21. The molecule has 104 valence electrons. The molecule has 1 aliphatic carbocycles. The largest absolute Gasteiger partial charge is 0.406 e. The van der Waals surface area contributed by atoms with Crippen LogP contribution in [0.1, 0.15) is 26.7 Å². The van der Waals surface area contributed by atoms with E-state index in [1.807, 2.05) is 0 Å². The average molecular weight is 282 g/mol. The quantitative estimate of drug-likeness (QED) is 0.785. The summed E-state index contributed by atoms with van der Waals surface area (Å²) in [4.78, 5) is 13.0. The van der Waals surface area contributed by atoms with Crippen molar-refractivity contribution in [3.8, 4) is 0 Å². The highest BCUT2D eigenvalue weighted by Gasteiger charge is 2.43.